The molecular formula is C13H21N3O2S. The van der Waals surface area contributed by atoms with Gasteiger partial charge >= 0.3 is 0 Å². The number of carbonyl (C=O) groups is 2. The predicted octanol–water partition coefficient (Wildman–Crippen LogP) is 1.82. The number of carbonyl (C=O) groups excluding carboxylic acids is 2. The summed E-state index contributed by atoms with van der Waals surface area (Å²) < 4.78 is 0. The minimum atomic E-state index is -0.162. The Labute approximate surface area is 118 Å². The van der Waals surface area contributed by atoms with Gasteiger partial charge in [0.2, 0.25) is 0 Å². The quantitative estimate of drug-likeness (QED) is 0.916. The molecule has 0 aliphatic heterocycles. The molecule has 0 aliphatic carbocycles. The van der Waals surface area contributed by atoms with E-state index in [9.17, 15) is 9.59 Å². The monoisotopic (exact) mass is 283 g/mol. The van der Waals surface area contributed by atoms with Crippen LogP contribution in [0, 0.1) is 6.92 Å². The fourth-order valence-corrected chi connectivity index (χ4v) is 2.92. The molecule has 0 bridgehead atoms. The molecule has 0 fully saturated rings. The van der Waals surface area contributed by atoms with Crippen LogP contribution in [0.2, 0.25) is 0 Å². The number of amides is 2. The zero-order valence-corrected chi connectivity index (χ0v) is 12.9. The fourth-order valence-electron chi connectivity index (χ4n) is 1.88. The van der Waals surface area contributed by atoms with E-state index < -0.39 is 0 Å². The van der Waals surface area contributed by atoms with Gasteiger partial charge < -0.3 is 15.5 Å². The molecular weight excluding hydrogens is 262 g/mol. The molecule has 0 atom stereocenters. The molecule has 6 heteroatoms. The van der Waals surface area contributed by atoms with Gasteiger partial charge in [-0.25, -0.2) is 0 Å². The fraction of sp³-hybridized carbons (Fsp3) is 0.538. The molecule has 2 N–H and O–H groups in total. The van der Waals surface area contributed by atoms with E-state index in [0.29, 0.717) is 34.1 Å². The lowest BCUT2D eigenvalue weighted by Gasteiger charge is -2.18. The maximum absolute atomic E-state index is 12.3. The highest BCUT2D eigenvalue weighted by Crippen LogP contribution is 2.32. The third-order valence-electron chi connectivity index (χ3n) is 3.04. The molecule has 5 nitrogen and oxygen atoms in total. The van der Waals surface area contributed by atoms with Crippen molar-refractivity contribution in [3.05, 3.63) is 16.0 Å². The first kappa shape index (κ1) is 15.5. The molecule has 1 aromatic heterocycles. The lowest BCUT2D eigenvalue weighted by atomic mass is 10.1. The summed E-state index contributed by atoms with van der Waals surface area (Å²) in [6.45, 7) is 6.92. The highest BCUT2D eigenvalue weighted by Gasteiger charge is 2.25. The van der Waals surface area contributed by atoms with Gasteiger partial charge in [0, 0.05) is 27.2 Å². The Morgan fingerprint density at radius 1 is 1.16 bits per heavy atom. The van der Waals surface area contributed by atoms with Crippen molar-refractivity contribution in [1.82, 2.24) is 9.80 Å². The lowest BCUT2D eigenvalue weighted by molar-refractivity contribution is 0.0777. The number of anilines is 1. The number of thiophene rings is 1. The van der Waals surface area contributed by atoms with Crippen LogP contribution in [0.5, 0.6) is 0 Å². The Kier molecular flexibility index (Phi) is 4.94. The molecule has 0 radical (unpaired) electrons. The van der Waals surface area contributed by atoms with Crippen LogP contribution in [0.15, 0.2) is 0 Å². The van der Waals surface area contributed by atoms with Gasteiger partial charge in [-0.15, -0.1) is 11.3 Å². The van der Waals surface area contributed by atoms with Crippen LogP contribution in [0.3, 0.4) is 0 Å². The van der Waals surface area contributed by atoms with E-state index in [1.165, 1.54) is 16.2 Å². The molecule has 2 amide bonds. The highest BCUT2D eigenvalue weighted by atomic mass is 32.1. The van der Waals surface area contributed by atoms with Crippen molar-refractivity contribution < 1.29 is 9.59 Å². The lowest BCUT2D eigenvalue weighted by Crippen LogP contribution is -2.30. The largest absolute Gasteiger partial charge is 0.390 e. The number of nitrogens with two attached hydrogens (primary N) is 1. The maximum Gasteiger partial charge on any atom is 0.264 e. The first-order valence-corrected chi connectivity index (χ1v) is 7.06. The standard InChI is InChI=1S/C13H21N3O2S/c1-6-16(7-2)13(18)10-8(3)9(11(14)19-10)12(17)15(4)5/h6-7,14H2,1-5H3. The molecule has 0 aliphatic rings. The zero-order valence-electron chi connectivity index (χ0n) is 12.1. The average Bonchev–Trinajstić information content (AvgIpc) is 2.65. The third kappa shape index (κ3) is 2.89. The second-order valence-electron chi connectivity index (χ2n) is 4.47. The molecule has 0 aromatic carbocycles. The van der Waals surface area contributed by atoms with E-state index in [1.807, 2.05) is 13.8 Å². The van der Waals surface area contributed by atoms with E-state index in [2.05, 4.69) is 0 Å². The summed E-state index contributed by atoms with van der Waals surface area (Å²) in [7, 11) is 3.34. The Balaban J connectivity index is 3.23. The topological polar surface area (TPSA) is 66.6 Å². The van der Waals surface area contributed by atoms with Crippen LogP contribution in [0.4, 0.5) is 5.00 Å². The van der Waals surface area contributed by atoms with Crippen molar-refractivity contribution in [2.24, 2.45) is 0 Å². The van der Waals surface area contributed by atoms with Gasteiger partial charge in [-0.3, -0.25) is 9.59 Å². The first-order chi connectivity index (χ1) is 8.84. The van der Waals surface area contributed by atoms with Gasteiger partial charge in [0.1, 0.15) is 0 Å². The number of nitrogen functional groups attached to an aromatic ring is 1. The third-order valence-corrected chi connectivity index (χ3v) is 4.15. The molecule has 1 heterocycles. The number of hydrogen-bond donors (Lipinski definition) is 1. The first-order valence-electron chi connectivity index (χ1n) is 6.24. The molecule has 0 unspecified atom stereocenters. The van der Waals surface area contributed by atoms with E-state index in [4.69, 9.17) is 5.73 Å². The Hall–Kier alpha value is -1.56. The summed E-state index contributed by atoms with van der Waals surface area (Å²) in [6.07, 6.45) is 0. The van der Waals surface area contributed by atoms with Crippen LogP contribution in [0.1, 0.15) is 39.4 Å². The smallest absolute Gasteiger partial charge is 0.264 e. The second kappa shape index (κ2) is 6.06. The van der Waals surface area contributed by atoms with Crippen molar-refractivity contribution >= 4 is 28.2 Å². The van der Waals surface area contributed by atoms with Crippen molar-refractivity contribution in [2.75, 3.05) is 32.9 Å². The van der Waals surface area contributed by atoms with Crippen molar-refractivity contribution in [1.29, 1.82) is 0 Å². The normalized spacial score (nSPS) is 10.4. The van der Waals surface area contributed by atoms with Gasteiger partial charge in [-0.2, -0.15) is 0 Å². The molecule has 0 saturated carbocycles. The molecule has 0 spiro atoms. The maximum atomic E-state index is 12.3. The predicted molar refractivity (Wildman–Crippen MR) is 78.7 cm³/mol. The van der Waals surface area contributed by atoms with Crippen molar-refractivity contribution in [3.8, 4) is 0 Å². The minimum Gasteiger partial charge on any atom is -0.390 e. The van der Waals surface area contributed by atoms with Crippen LogP contribution >= 0.6 is 11.3 Å². The Morgan fingerprint density at radius 3 is 2.11 bits per heavy atom. The molecule has 0 saturated heterocycles. The van der Waals surface area contributed by atoms with E-state index in [1.54, 1.807) is 25.9 Å². The second-order valence-corrected chi connectivity index (χ2v) is 5.52. The summed E-state index contributed by atoms with van der Waals surface area (Å²) in [4.78, 5) is 28.2. The van der Waals surface area contributed by atoms with Crippen LogP contribution in [0.25, 0.3) is 0 Å². The summed E-state index contributed by atoms with van der Waals surface area (Å²) in [5.41, 5.74) is 7.03. The van der Waals surface area contributed by atoms with Crippen LogP contribution < -0.4 is 5.73 Å². The zero-order chi connectivity index (χ0) is 14.7. The Morgan fingerprint density at radius 2 is 1.68 bits per heavy atom. The molecule has 1 aromatic rings. The van der Waals surface area contributed by atoms with Gasteiger partial charge in [0.15, 0.2) is 0 Å². The van der Waals surface area contributed by atoms with Crippen LogP contribution in [-0.2, 0) is 0 Å². The highest BCUT2D eigenvalue weighted by molar-refractivity contribution is 7.18. The number of nitrogens with zero attached hydrogens (tertiary/aromatic N) is 2. The van der Waals surface area contributed by atoms with Gasteiger partial charge in [0.25, 0.3) is 11.8 Å². The van der Waals surface area contributed by atoms with E-state index in [0.717, 1.165) is 0 Å². The Bertz CT molecular complexity index is 490. The van der Waals surface area contributed by atoms with Crippen molar-refractivity contribution in [3.63, 3.8) is 0 Å². The minimum absolute atomic E-state index is 0.0583. The number of rotatable bonds is 4. The summed E-state index contributed by atoms with van der Waals surface area (Å²) in [5, 5.41) is 0.409. The van der Waals surface area contributed by atoms with E-state index in [-0.39, 0.29) is 11.8 Å². The van der Waals surface area contributed by atoms with Crippen LogP contribution in [-0.4, -0.2) is 48.8 Å². The molecule has 1 rings (SSSR count). The van der Waals surface area contributed by atoms with Gasteiger partial charge in [-0.1, -0.05) is 0 Å². The summed E-state index contributed by atoms with van der Waals surface area (Å²) in [5.74, 6) is -0.221. The van der Waals surface area contributed by atoms with Crippen molar-refractivity contribution in [2.45, 2.75) is 20.8 Å². The van der Waals surface area contributed by atoms with Gasteiger partial charge in [-0.05, 0) is 26.3 Å². The average molecular weight is 283 g/mol. The molecule has 19 heavy (non-hydrogen) atoms. The summed E-state index contributed by atoms with van der Waals surface area (Å²) in [6, 6.07) is 0. The number of hydrogen-bond acceptors (Lipinski definition) is 4. The molecule has 106 valence electrons. The SMILES string of the molecule is CCN(CC)C(=O)c1sc(N)c(C(=O)N(C)C)c1C. The van der Waals surface area contributed by atoms with Gasteiger partial charge in [0.05, 0.1) is 15.4 Å². The van der Waals surface area contributed by atoms with E-state index >= 15 is 0 Å². The summed E-state index contributed by atoms with van der Waals surface area (Å²) >= 11 is 1.19.